The van der Waals surface area contributed by atoms with Gasteiger partial charge in [0.2, 0.25) is 12.7 Å². The van der Waals surface area contributed by atoms with Crippen molar-refractivity contribution in [3.05, 3.63) is 69.2 Å². The van der Waals surface area contributed by atoms with Crippen LogP contribution in [0.25, 0.3) is 11.3 Å². The highest BCUT2D eigenvalue weighted by Crippen LogP contribution is 2.35. The van der Waals surface area contributed by atoms with Gasteiger partial charge in [-0.05, 0) is 36.4 Å². The number of anilines is 1. The molecule has 0 fully saturated rings. The van der Waals surface area contributed by atoms with Crippen molar-refractivity contribution < 1.29 is 14.3 Å². The number of hydrogen-bond acceptors (Lipinski definition) is 5. The predicted octanol–water partition coefficient (Wildman–Crippen LogP) is 3.58. The summed E-state index contributed by atoms with van der Waals surface area (Å²) in [6, 6.07) is 11.3. The zero-order valence-electron chi connectivity index (χ0n) is 14.3. The van der Waals surface area contributed by atoms with Crippen LogP contribution in [0.2, 0.25) is 10.0 Å². The molecular formula is C19H13Cl2N3O4. The highest BCUT2D eigenvalue weighted by molar-refractivity contribution is 6.35. The molecule has 3 aromatic rings. The third-order valence-electron chi connectivity index (χ3n) is 4.01. The number of carbonyl (C=O) groups excluding carboxylic acids is 1. The van der Waals surface area contributed by atoms with Gasteiger partial charge in [-0.25, -0.2) is 4.98 Å². The third kappa shape index (κ3) is 3.95. The van der Waals surface area contributed by atoms with Crippen molar-refractivity contribution in [2.24, 2.45) is 0 Å². The average Bonchev–Trinajstić information content (AvgIpc) is 3.10. The number of benzene rings is 2. The van der Waals surface area contributed by atoms with E-state index in [1.54, 1.807) is 36.4 Å². The van der Waals surface area contributed by atoms with Gasteiger partial charge >= 0.3 is 0 Å². The second-order valence-electron chi connectivity index (χ2n) is 6.01. The Morgan fingerprint density at radius 2 is 1.82 bits per heavy atom. The van der Waals surface area contributed by atoms with Gasteiger partial charge in [-0.3, -0.25) is 14.2 Å². The van der Waals surface area contributed by atoms with E-state index >= 15 is 0 Å². The minimum Gasteiger partial charge on any atom is -0.454 e. The molecule has 2 heterocycles. The molecule has 0 unspecified atom stereocenters. The number of hydrogen-bond donors (Lipinski definition) is 1. The van der Waals surface area contributed by atoms with Crippen LogP contribution in [-0.2, 0) is 11.3 Å². The predicted molar refractivity (Wildman–Crippen MR) is 105 cm³/mol. The summed E-state index contributed by atoms with van der Waals surface area (Å²) in [5.41, 5.74) is 1.27. The summed E-state index contributed by atoms with van der Waals surface area (Å²) in [5.74, 6) is 0.844. The van der Waals surface area contributed by atoms with Crippen LogP contribution >= 0.6 is 23.2 Å². The van der Waals surface area contributed by atoms with Crippen LogP contribution in [0.5, 0.6) is 11.5 Å². The normalized spacial score (nSPS) is 12.1. The van der Waals surface area contributed by atoms with E-state index in [0.717, 1.165) is 0 Å². The molecule has 28 heavy (non-hydrogen) atoms. The molecule has 1 aliphatic rings. The van der Waals surface area contributed by atoms with E-state index in [9.17, 15) is 9.59 Å². The number of halogens is 2. The first kappa shape index (κ1) is 18.3. The summed E-state index contributed by atoms with van der Waals surface area (Å²) in [4.78, 5) is 28.9. The summed E-state index contributed by atoms with van der Waals surface area (Å²) in [7, 11) is 0. The van der Waals surface area contributed by atoms with Gasteiger partial charge in [-0.1, -0.05) is 23.2 Å². The van der Waals surface area contributed by atoms with Crippen LogP contribution in [0.15, 0.2) is 53.6 Å². The van der Waals surface area contributed by atoms with Crippen LogP contribution < -0.4 is 20.3 Å². The molecular weight excluding hydrogens is 405 g/mol. The Hall–Kier alpha value is -3.03. The number of nitrogens with one attached hydrogen (secondary N) is 1. The molecule has 0 aliphatic carbocycles. The summed E-state index contributed by atoms with van der Waals surface area (Å²) < 4.78 is 11.8. The fourth-order valence-electron chi connectivity index (χ4n) is 2.74. The Morgan fingerprint density at radius 3 is 2.57 bits per heavy atom. The van der Waals surface area contributed by atoms with E-state index in [4.69, 9.17) is 32.7 Å². The minimum atomic E-state index is -0.405. The molecule has 2 aromatic carbocycles. The van der Waals surface area contributed by atoms with Crippen LogP contribution in [0, 0.1) is 0 Å². The van der Waals surface area contributed by atoms with Crippen LogP contribution in [0.4, 0.5) is 5.69 Å². The highest BCUT2D eigenvalue weighted by atomic mass is 35.5. The molecule has 0 saturated carbocycles. The molecule has 0 atom stereocenters. The van der Waals surface area contributed by atoms with E-state index in [0.29, 0.717) is 38.5 Å². The summed E-state index contributed by atoms with van der Waals surface area (Å²) in [6.45, 7) is -0.0296. The molecule has 0 radical (unpaired) electrons. The van der Waals surface area contributed by atoms with Crippen molar-refractivity contribution in [3.8, 4) is 22.8 Å². The number of aromatic nitrogens is 2. The van der Waals surface area contributed by atoms with Crippen molar-refractivity contribution in [1.82, 2.24) is 9.55 Å². The molecule has 1 amide bonds. The molecule has 0 saturated heterocycles. The maximum absolute atomic E-state index is 12.4. The summed E-state index contributed by atoms with van der Waals surface area (Å²) in [5, 5.41) is 3.44. The van der Waals surface area contributed by atoms with Gasteiger partial charge < -0.3 is 14.8 Å². The van der Waals surface area contributed by atoms with Crippen molar-refractivity contribution in [3.63, 3.8) is 0 Å². The molecule has 9 heteroatoms. The Labute approximate surface area is 169 Å². The molecule has 0 bridgehead atoms. The zero-order valence-corrected chi connectivity index (χ0v) is 15.8. The van der Waals surface area contributed by atoms with Gasteiger partial charge in [0.1, 0.15) is 6.54 Å². The maximum Gasteiger partial charge on any atom is 0.254 e. The standard InChI is InChI=1S/C19H13Cl2N3O4/c20-12-4-13(21)6-14(5-12)23-18(25)8-24-9-22-15(7-19(24)26)11-1-2-16-17(3-11)28-10-27-16/h1-7,9H,8,10H2,(H,23,25). The van der Waals surface area contributed by atoms with Gasteiger partial charge in [0.05, 0.1) is 12.0 Å². The van der Waals surface area contributed by atoms with E-state index < -0.39 is 5.91 Å². The van der Waals surface area contributed by atoms with E-state index in [2.05, 4.69) is 10.3 Å². The second-order valence-corrected chi connectivity index (χ2v) is 6.89. The number of rotatable bonds is 4. The van der Waals surface area contributed by atoms with Gasteiger partial charge in [0, 0.05) is 27.4 Å². The minimum absolute atomic E-state index is 0.167. The highest BCUT2D eigenvalue weighted by Gasteiger charge is 2.15. The van der Waals surface area contributed by atoms with Crippen LogP contribution in [0.1, 0.15) is 0 Å². The van der Waals surface area contributed by atoms with Crippen molar-refractivity contribution in [2.75, 3.05) is 12.1 Å². The van der Waals surface area contributed by atoms with Crippen molar-refractivity contribution in [2.45, 2.75) is 6.54 Å². The average molecular weight is 418 g/mol. The first-order valence-electron chi connectivity index (χ1n) is 8.20. The third-order valence-corrected chi connectivity index (χ3v) is 4.44. The largest absolute Gasteiger partial charge is 0.454 e. The van der Waals surface area contributed by atoms with Gasteiger partial charge in [-0.15, -0.1) is 0 Å². The molecule has 142 valence electrons. The van der Waals surface area contributed by atoms with E-state index in [-0.39, 0.29) is 18.9 Å². The van der Waals surface area contributed by atoms with E-state index in [1.807, 2.05) is 0 Å². The number of ether oxygens (including phenoxy) is 2. The fraction of sp³-hybridized carbons (Fsp3) is 0.105. The van der Waals surface area contributed by atoms with Crippen molar-refractivity contribution >= 4 is 34.8 Å². The van der Waals surface area contributed by atoms with Gasteiger partial charge in [0.25, 0.3) is 5.56 Å². The Morgan fingerprint density at radius 1 is 1.07 bits per heavy atom. The number of amides is 1. The lowest BCUT2D eigenvalue weighted by Crippen LogP contribution is -2.27. The van der Waals surface area contributed by atoms with Crippen LogP contribution in [-0.4, -0.2) is 22.3 Å². The quantitative estimate of drug-likeness (QED) is 0.701. The second kappa shape index (κ2) is 7.53. The van der Waals surface area contributed by atoms with Gasteiger partial charge in [-0.2, -0.15) is 0 Å². The number of nitrogens with zero attached hydrogens (tertiary/aromatic N) is 2. The number of fused-ring (bicyclic) bond motifs is 1. The monoisotopic (exact) mass is 417 g/mol. The molecule has 7 nitrogen and oxygen atoms in total. The first-order valence-corrected chi connectivity index (χ1v) is 8.96. The molecule has 0 spiro atoms. The van der Waals surface area contributed by atoms with Crippen molar-refractivity contribution in [1.29, 1.82) is 0 Å². The fourth-order valence-corrected chi connectivity index (χ4v) is 3.27. The van der Waals surface area contributed by atoms with E-state index in [1.165, 1.54) is 17.0 Å². The maximum atomic E-state index is 12.4. The number of carbonyl (C=O) groups is 1. The molecule has 1 aromatic heterocycles. The molecule has 1 aliphatic heterocycles. The SMILES string of the molecule is O=C(Cn1cnc(-c2ccc3c(c2)OCO3)cc1=O)Nc1cc(Cl)cc(Cl)c1. The van der Waals surface area contributed by atoms with Gasteiger partial charge in [0.15, 0.2) is 11.5 Å². The summed E-state index contributed by atoms with van der Waals surface area (Å²) >= 11 is 11.8. The van der Waals surface area contributed by atoms with Crippen LogP contribution in [0.3, 0.4) is 0 Å². The smallest absolute Gasteiger partial charge is 0.254 e. The lowest BCUT2D eigenvalue weighted by Gasteiger charge is -2.09. The lowest BCUT2D eigenvalue weighted by molar-refractivity contribution is -0.116. The summed E-state index contributed by atoms with van der Waals surface area (Å²) in [6.07, 6.45) is 1.33. The lowest BCUT2D eigenvalue weighted by atomic mass is 10.1. The zero-order chi connectivity index (χ0) is 19.7. The molecule has 4 rings (SSSR count). The Kier molecular flexibility index (Phi) is 4.93. The Bertz CT molecular complexity index is 1110. The Balaban J connectivity index is 1.50. The topological polar surface area (TPSA) is 82.5 Å². The first-order chi connectivity index (χ1) is 13.5. The molecule has 1 N–H and O–H groups in total.